The largest absolute Gasteiger partial charge is 0.308 e. The summed E-state index contributed by atoms with van der Waals surface area (Å²) in [4.78, 5) is 8.66. The summed E-state index contributed by atoms with van der Waals surface area (Å²) >= 11 is 6.02. The van der Waals surface area contributed by atoms with E-state index in [4.69, 9.17) is 17.4 Å². The van der Waals surface area contributed by atoms with Gasteiger partial charge in [-0.2, -0.15) is 0 Å². The van der Waals surface area contributed by atoms with Gasteiger partial charge in [0.1, 0.15) is 17.5 Å². The first kappa shape index (κ1) is 14.7. The predicted octanol–water partition coefficient (Wildman–Crippen LogP) is 3.10. The minimum atomic E-state index is -0.357. The third-order valence-corrected chi connectivity index (χ3v) is 3.23. The summed E-state index contributed by atoms with van der Waals surface area (Å²) in [6.45, 7) is 2.06. The number of anilines is 1. The van der Waals surface area contributed by atoms with E-state index in [-0.39, 0.29) is 12.2 Å². The fourth-order valence-electron chi connectivity index (χ4n) is 1.95. The van der Waals surface area contributed by atoms with Gasteiger partial charge in [-0.25, -0.2) is 20.2 Å². The SMILES string of the molecule is CCCc1cc(NN)nc(Cc2c(F)cccc2Cl)n1. The van der Waals surface area contributed by atoms with Crippen molar-refractivity contribution in [3.63, 3.8) is 0 Å². The highest BCUT2D eigenvalue weighted by Gasteiger charge is 2.11. The fraction of sp³-hybridized carbons (Fsp3) is 0.286. The molecule has 20 heavy (non-hydrogen) atoms. The second-order valence-corrected chi connectivity index (χ2v) is 4.84. The number of nitrogens with two attached hydrogens (primary N) is 1. The number of aryl methyl sites for hydroxylation is 1. The highest BCUT2D eigenvalue weighted by molar-refractivity contribution is 6.31. The molecule has 0 atom stereocenters. The predicted molar refractivity (Wildman–Crippen MR) is 78.1 cm³/mol. The Morgan fingerprint density at radius 1 is 1.35 bits per heavy atom. The van der Waals surface area contributed by atoms with Crippen LogP contribution in [0.5, 0.6) is 0 Å². The molecule has 0 aliphatic carbocycles. The topological polar surface area (TPSA) is 63.8 Å². The first-order valence-electron chi connectivity index (χ1n) is 6.40. The van der Waals surface area contributed by atoms with E-state index in [1.807, 2.05) is 0 Å². The summed E-state index contributed by atoms with van der Waals surface area (Å²) in [5.41, 5.74) is 3.77. The Balaban J connectivity index is 2.35. The van der Waals surface area contributed by atoms with Gasteiger partial charge in [0.2, 0.25) is 0 Å². The van der Waals surface area contributed by atoms with E-state index in [2.05, 4.69) is 22.3 Å². The van der Waals surface area contributed by atoms with E-state index in [1.165, 1.54) is 6.07 Å². The third-order valence-electron chi connectivity index (χ3n) is 2.88. The van der Waals surface area contributed by atoms with Crippen LogP contribution in [0.1, 0.15) is 30.4 Å². The van der Waals surface area contributed by atoms with E-state index in [9.17, 15) is 4.39 Å². The van der Waals surface area contributed by atoms with Crippen LogP contribution >= 0.6 is 11.6 Å². The normalized spacial score (nSPS) is 10.6. The number of benzene rings is 1. The van der Waals surface area contributed by atoms with Crippen molar-refractivity contribution in [3.05, 3.63) is 52.2 Å². The fourth-order valence-corrected chi connectivity index (χ4v) is 2.18. The zero-order chi connectivity index (χ0) is 14.5. The second-order valence-electron chi connectivity index (χ2n) is 4.43. The number of aromatic nitrogens is 2. The quantitative estimate of drug-likeness (QED) is 0.657. The molecule has 1 heterocycles. The van der Waals surface area contributed by atoms with E-state index in [0.29, 0.717) is 22.2 Å². The van der Waals surface area contributed by atoms with E-state index in [0.717, 1.165) is 18.5 Å². The van der Waals surface area contributed by atoms with Crippen LogP contribution < -0.4 is 11.3 Å². The van der Waals surface area contributed by atoms with Gasteiger partial charge in [-0.05, 0) is 18.6 Å². The molecule has 1 aromatic heterocycles. The molecule has 6 heteroatoms. The Hall–Kier alpha value is -1.72. The molecule has 3 N–H and O–H groups in total. The van der Waals surface area contributed by atoms with Crippen molar-refractivity contribution in [2.45, 2.75) is 26.2 Å². The molecule has 0 fully saturated rings. The highest BCUT2D eigenvalue weighted by atomic mass is 35.5. The van der Waals surface area contributed by atoms with Crippen molar-refractivity contribution >= 4 is 17.4 Å². The average molecular weight is 295 g/mol. The summed E-state index contributed by atoms with van der Waals surface area (Å²) in [7, 11) is 0. The van der Waals surface area contributed by atoms with Crippen molar-refractivity contribution < 1.29 is 4.39 Å². The average Bonchev–Trinajstić information content (AvgIpc) is 2.43. The number of halogens is 2. The van der Waals surface area contributed by atoms with Gasteiger partial charge in [0.05, 0.1) is 0 Å². The van der Waals surface area contributed by atoms with Gasteiger partial charge in [-0.3, -0.25) is 0 Å². The van der Waals surface area contributed by atoms with E-state index < -0.39 is 0 Å². The summed E-state index contributed by atoms with van der Waals surface area (Å²) in [5.74, 6) is 6.05. The summed E-state index contributed by atoms with van der Waals surface area (Å²) in [6, 6.07) is 6.38. The Labute approximate surface area is 122 Å². The Kier molecular flexibility index (Phi) is 4.87. The molecule has 0 aliphatic rings. The molecule has 0 radical (unpaired) electrons. The molecule has 2 aromatic rings. The van der Waals surface area contributed by atoms with Crippen LogP contribution in [0.3, 0.4) is 0 Å². The van der Waals surface area contributed by atoms with Crippen molar-refractivity contribution in [2.24, 2.45) is 5.84 Å². The molecule has 0 saturated carbocycles. The minimum absolute atomic E-state index is 0.234. The van der Waals surface area contributed by atoms with Gasteiger partial charge in [0.25, 0.3) is 0 Å². The molecule has 0 spiro atoms. The van der Waals surface area contributed by atoms with E-state index in [1.54, 1.807) is 18.2 Å². The van der Waals surface area contributed by atoms with Gasteiger partial charge in [-0.1, -0.05) is 31.0 Å². The molecule has 2 rings (SSSR count). The maximum absolute atomic E-state index is 13.8. The van der Waals surface area contributed by atoms with Crippen LogP contribution in [0, 0.1) is 5.82 Å². The van der Waals surface area contributed by atoms with Crippen LogP contribution in [-0.4, -0.2) is 9.97 Å². The lowest BCUT2D eigenvalue weighted by atomic mass is 10.1. The zero-order valence-electron chi connectivity index (χ0n) is 11.2. The number of nitrogens with one attached hydrogen (secondary N) is 1. The lowest BCUT2D eigenvalue weighted by Crippen LogP contribution is -2.12. The smallest absolute Gasteiger partial charge is 0.143 e. The molecule has 4 nitrogen and oxygen atoms in total. The monoisotopic (exact) mass is 294 g/mol. The molecule has 0 saturated heterocycles. The van der Waals surface area contributed by atoms with Gasteiger partial charge < -0.3 is 5.43 Å². The van der Waals surface area contributed by atoms with E-state index >= 15 is 0 Å². The first-order chi connectivity index (χ1) is 9.63. The molecular formula is C14H16ClFN4. The number of nitrogens with zero attached hydrogens (tertiary/aromatic N) is 2. The van der Waals surface area contributed by atoms with Crippen molar-refractivity contribution in [1.29, 1.82) is 0 Å². The standard InChI is InChI=1S/C14H16ClFN4/c1-2-4-9-7-14(20-17)19-13(18-9)8-10-11(15)5-3-6-12(10)16/h3,5-7H,2,4,8,17H2,1H3,(H,18,19,20). The maximum atomic E-state index is 13.8. The molecule has 0 unspecified atom stereocenters. The van der Waals surface area contributed by atoms with Crippen LogP contribution in [0.2, 0.25) is 5.02 Å². The highest BCUT2D eigenvalue weighted by Crippen LogP contribution is 2.21. The van der Waals surface area contributed by atoms with Gasteiger partial charge in [0.15, 0.2) is 0 Å². The van der Waals surface area contributed by atoms with Gasteiger partial charge in [0, 0.05) is 28.8 Å². The van der Waals surface area contributed by atoms with Crippen molar-refractivity contribution in [1.82, 2.24) is 9.97 Å². The number of hydrogen-bond acceptors (Lipinski definition) is 4. The Morgan fingerprint density at radius 3 is 2.80 bits per heavy atom. The Morgan fingerprint density at radius 2 is 2.15 bits per heavy atom. The molecule has 106 valence electrons. The number of nitrogen functional groups attached to an aromatic ring is 1. The molecule has 1 aromatic carbocycles. The molecule has 0 aliphatic heterocycles. The summed E-state index contributed by atoms with van der Waals surface area (Å²) in [5, 5.41) is 0.372. The minimum Gasteiger partial charge on any atom is -0.308 e. The second kappa shape index (κ2) is 6.63. The van der Waals surface area contributed by atoms with Gasteiger partial charge in [-0.15, -0.1) is 0 Å². The van der Waals surface area contributed by atoms with Crippen LogP contribution in [0.25, 0.3) is 0 Å². The van der Waals surface area contributed by atoms with Crippen molar-refractivity contribution in [2.75, 3.05) is 5.43 Å². The van der Waals surface area contributed by atoms with Gasteiger partial charge >= 0.3 is 0 Å². The third kappa shape index (κ3) is 3.43. The molecule has 0 amide bonds. The summed E-state index contributed by atoms with van der Waals surface area (Å²) < 4.78 is 13.8. The van der Waals surface area contributed by atoms with Crippen molar-refractivity contribution in [3.8, 4) is 0 Å². The van der Waals surface area contributed by atoms with Crippen LogP contribution in [-0.2, 0) is 12.8 Å². The lowest BCUT2D eigenvalue weighted by molar-refractivity contribution is 0.612. The number of rotatable bonds is 5. The van der Waals surface area contributed by atoms with Crippen LogP contribution in [0.15, 0.2) is 24.3 Å². The molecule has 0 bridgehead atoms. The first-order valence-corrected chi connectivity index (χ1v) is 6.78. The van der Waals surface area contributed by atoms with Crippen LogP contribution in [0.4, 0.5) is 10.2 Å². The lowest BCUT2D eigenvalue weighted by Gasteiger charge is -2.09. The summed E-state index contributed by atoms with van der Waals surface area (Å²) in [6.07, 6.45) is 2.01. The number of hydrogen-bond donors (Lipinski definition) is 2. The molecular weight excluding hydrogens is 279 g/mol. The maximum Gasteiger partial charge on any atom is 0.143 e. The zero-order valence-corrected chi connectivity index (χ0v) is 11.9. The Bertz CT molecular complexity index is 583. The number of hydrazine groups is 1.